The molecule has 1 aromatic rings. The monoisotopic (exact) mass is 330 g/mol. The molecule has 1 amide bonds. The average Bonchev–Trinajstić information content (AvgIpc) is 2.88. The van der Waals surface area contributed by atoms with Crippen LogP contribution in [0.25, 0.3) is 0 Å². The Balaban J connectivity index is 1.91. The first-order chi connectivity index (χ1) is 10.0. The summed E-state index contributed by atoms with van der Waals surface area (Å²) < 4.78 is 0. The van der Waals surface area contributed by atoms with Crippen LogP contribution in [0.15, 0.2) is 18.2 Å². The molecule has 0 spiro atoms. The summed E-state index contributed by atoms with van der Waals surface area (Å²) >= 11 is 11.9. The van der Waals surface area contributed by atoms with Gasteiger partial charge in [-0.15, -0.1) is 0 Å². The third-order valence-electron chi connectivity index (χ3n) is 3.88. The van der Waals surface area contributed by atoms with Gasteiger partial charge in [-0.2, -0.15) is 0 Å². The van der Waals surface area contributed by atoms with Crippen LogP contribution in [0.5, 0.6) is 0 Å². The number of hydrogen-bond donors (Lipinski definition) is 2. The summed E-state index contributed by atoms with van der Waals surface area (Å²) in [6, 6.07) is 5.31. The molecule has 0 radical (unpaired) electrons. The molecule has 1 heterocycles. The van der Waals surface area contributed by atoms with Gasteiger partial charge in [0.1, 0.15) is 0 Å². The van der Waals surface area contributed by atoms with E-state index in [2.05, 4.69) is 5.32 Å². The number of carbonyl (C=O) groups is 1. The van der Waals surface area contributed by atoms with E-state index in [1.807, 2.05) is 17.9 Å². The number of nitrogens with zero attached hydrogens (tertiary/aromatic N) is 1. The van der Waals surface area contributed by atoms with Crippen LogP contribution >= 0.6 is 23.2 Å². The number of carbonyl (C=O) groups excluding carboxylic acids is 1. The van der Waals surface area contributed by atoms with Gasteiger partial charge in [-0.3, -0.25) is 9.69 Å². The fourth-order valence-electron chi connectivity index (χ4n) is 2.65. The highest BCUT2D eigenvalue weighted by atomic mass is 35.5. The molecule has 0 saturated carbocycles. The highest BCUT2D eigenvalue weighted by Gasteiger charge is 2.25. The SMILES string of the molecule is CC(NC(=O)CN1CCCC1CO)c1ccc(Cl)c(Cl)c1. The van der Waals surface area contributed by atoms with E-state index in [4.69, 9.17) is 23.2 Å². The van der Waals surface area contributed by atoms with Crippen LogP contribution in [-0.2, 0) is 4.79 Å². The molecule has 2 rings (SSSR count). The van der Waals surface area contributed by atoms with Gasteiger partial charge in [-0.1, -0.05) is 29.3 Å². The Morgan fingerprint density at radius 3 is 2.90 bits per heavy atom. The third kappa shape index (κ3) is 4.33. The summed E-state index contributed by atoms with van der Waals surface area (Å²) in [6.45, 7) is 3.19. The second-order valence-electron chi connectivity index (χ2n) is 5.41. The van der Waals surface area contributed by atoms with Gasteiger partial charge in [-0.05, 0) is 44.0 Å². The number of benzene rings is 1. The maximum Gasteiger partial charge on any atom is 0.234 e. The quantitative estimate of drug-likeness (QED) is 0.872. The van der Waals surface area contributed by atoms with Crippen molar-refractivity contribution in [3.8, 4) is 0 Å². The standard InChI is InChI=1S/C15H20Cl2N2O2/c1-10(11-4-5-13(16)14(17)7-11)18-15(21)8-19-6-2-3-12(19)9-20/h4-5,7,10,12,20H,2-3,6,8-9H2,1H3,(H,18,21). The fourth-order valence-corrected chi connectivity index (χ4v) is 2.95. The van der Waals surface area contributed by atoms with E-state index in [1.165, 1.54) is 0 Å². The molecule has 0 aliphatic carbocycles. The van der Waals surface area contributed by atoms with Crippen molar-refractivity contribution in [2.45, 2.75) is 31.8 Å². The normalized spacial score (nSPS) is 20.5. The lowest BCUT2D eigenvalue weighted by Crippen LogP contribution is -2.41. The number of aliphatic hydroxyl groups excluding tert-OH is 1. The van der Waals surface area contributed by atoms with Crippen LogP contribution in [-0.4, -0.2) is 41.7 Å². The smallest absolute Gasteiger partial charge is 0.234 e. The molecule has 2 atom stereocenters. The Hall–Kier alpha value is -0.810. The summed E-state index contributed by atoms with van der Waals surface area (Å²) in [5.74, 6) is -0.0473. The van der Waals surface area contributed by atoms with Crippen LogP contribution in [0.1, 0.15) is 31.4 Å². The van der Waals surface area contributed by atoms with E-state index in [9.17, 15) is 9.90 Å². The summed E-state index contributed by atoms with van der Waals surface area (Å²) in [4.78, 5) is 14.1. The molecule has 21 heavy (non-hydrogen) atoms. The number of amides is 1. The lowest BCUT2D eigenvalue weighted by atomic mass is 10.1. The first kappa shape index (κ1) is 16.6. The van der Waals surface area contributed by atoms with Gasteiger partial charge in [0.25, 0.3) is 0 Å². The second-order valence-corrected chi connectivity index (χ2v) is 6.23. The van der Waals surface area contributed by atoms with E-state index in [0.717, 1.165) is 24.9 Å². The highest BCUT2D eigenvalue weighted by Crippen LogP contribution is 2.25. The van der Waals surface area contributed by atoms with Crippen molar-refractivity contribution >= 4 is 29.1 Å². The van der Waals surface area contributed by atoms with Crippen molar-refractivity contribution in [3.05, 3.63) is 33.8 Å². The average molecular weight is 331 g/mol. The van der Waals surface area contributed by atoms with Gasteiger partial charge in [0.05, 0.1) is 29.2 Å². The molecule has 116 valence electrons. The molecular weight excluding hydrogens is 311 g/mol. The highest BCUT2D eigenvalue weighted by molar-refractivity contribution is 6.42. The van der Waals surface area contributed by atoms with Gasteiger partial charge in [0.15, 0.2) is 0 Å². The van der Waals surface area contributed by atoms with Crippen molar-refractivity contribution in [1.29, 1.82) is 0 Å². The Bertz CT molecular complexity index is 510. The topological polar surface area (TPSA) is 52.6 Å². The molecule has 0 aromatic heterocycles. The lowest BCUT2D eigenvalue weighted by Gasteiger charge is -2.23. The van der Waals surface area contributed by atoms with Gasteiger partial charge >= 0.3 is 0 Å². The molecule has 1 aliphatic heterocycles. The zero-order valence-corrected chi connectivity index (χ0v) is 13.5. The predicted octanol–water partition coefficient (Wildman–Crippen LogP) is 2.63. The number of likely N-dealkylation sites (tertiary alicyclic amines) is 1. The van der Waals surface area contributed by atoms with Crippen molar-refractivity contribution in [2.24, 2.45) is 0 Å². The van der Waals surface area contributed by atoms with Gasteiger partial charge in [-0.25, -0.2) is 0 Å². The molecule has 0 bridgehead atoms. The van der Waals surface area contributed by atoms with Crippen LogP contribution in [0.2, 0.25) is 10.0 Å². The van der Waals surface area contributed by atoms with Crippen LogP contribution in [0, 0.1) is 0 Å². The zero-order valence-electron chi connectivity index (χ0n) is 12.0. The minimum absolute atomic E-state index is 0.0473. The number of nitrogens with one attached hydrogen (secondary N) is 1. The molecular formula is C15H20Cl2N2O2. The Morgan fingerprint density at radius 2 is 2.24 bits per heavy atom. The maximum atomic E-state index is 12.1. The van der Waals surface area contributed by atoms with E-state index in [1.54, 1.807) is 12.1 Å². The second kappa shape index (κ2) is 7.45. The number of hydrogen-bond acceptors (Lipinski definition) is 3. The van der Waals surface area contributed by atoms with Crippen LogP contribution in [0.4, 0.5) is 0 Å². The summed E-state index contributed by atoms with van der Waals surface area (Å²) in [5, 5.41) is 13.2. The maximum absolute atomic E-state index is 12.1. The lowest BCUT2D eigenvalue weighted by molar-refractivity contribution is -0.123. The fraction of sp³-hybridized carbons (Fsp3) is 0.533. The molecule has 1 saturated heterocycles. The number of aliphatic hydroxyl groups is 1. The molecule has 2 N–H and O–H groups in total. The van der Waals surface area contributed by atoms with E-state index in [0.29, 0.717) is 16.6 Å². The molecule has 1 aliphatic rings. The minimum Gasteiger partial charge on any atom is -0.395 e. The van der Waals surface area contributed by atoms with E-state index >= 15 is 0 Å². The summed E-state index contributed by atoms with van der Waals surface area (Å²) in [5.41, 5.74) is 0.915. The molecule has 1 aromatic carbocycles. The van der Waals surface area contributed by atoms with E-state index in [-0.39, 0.29) is 24.6 Å². The summed E-state index contributed by atoms with van der Waals surface area (Å²) in [7, 11) is 0. The largest absolute Gasteiger partial charge is 0.395 e. The minimum atomic E-state index is -0.137. The van der Waals surface area contributed by atoms with Crippen LogP contribution in [0.3, 0.4) is 0 Å². The van der Waals surface area contributed by atoms with Crippen molar-refractivity contribution < 1.29 is 9.90 Å². The van der Waals surface area contributed by atoms with Gasteiger partial charge in [0.2, 0.25) is 5.91 Å². The van der Waals surface area contributed by atoms with E-state index < -0.39 is 0 Å². The third-order valence-corrected chi connectivity index (χ3v) is 4.62. The Kier molecular flexibility index (Phi) is 5.88. The molecule has 1 fully saturated rings. The Labute approximate surface area is 135 Å². The summed E-state index contributed by atoms with van der Waals surface area (Å²) in [6.07, 6.45) is 1.98. The van der Waals surface area contributed by atoms with Crippen LogP contribution < -0.4 is 5.32 Å². The molecule has 6 heteroatoms. The molecule has 2 unspecified atom stereocenters. The van der Waals surface area contributed by atoms with Gasteiger partial charge < -0.3 is 10.4 Å². The van der Waals surface area contributed by atoms with Crippen molar-refractivity contribution in [1.82, 2.24) is 10.2 Å². The Morgan fingerprint density at radius 1 is 1.48 bits per heavy atom. The zero-order chi connectivity index (χ0) is 15.4. The molecule has 4 nitrogen and oxygen atoms in total. The van der Waals surface area contributed by atoms with Crippen molar-refractivity contribution in [2.75, 3.05) is 19.7 Å². The predicted molar refractivity (Wildman–Crippen MR) is 84.7 cm³/mol. The number of rotatable bonds is 5. The van der Waals surface area contributed by atoms with Crippen molar-refractivity contribution in [3.63, 3.8) is 0 Å². The van der Waals surface area contributed by atoms with Gasteiger partial charge in [0, 0.05) is 6.04 Å². The first-order valence-electron chi connectivity index (χ1n) is 7.10. The first-order valence-corrected chi connectivity index (χ1v) is 7.86. The number of halogens is 2.